The van der Waals surface area contributed by atoms with E-state index in [0.29, 0.717) is 30.0 Å². The van der Waals surface area contributed by atoms with Crippen LogP contribution in [-0.4, -0.2) is 17.9 Å². The van der Waals surface area contributed by atoms with E-state index in [0.717, 1.165) is 57.8 Å². The summed E-state index contributed by atoms with van der Waals surface area (Å²) in [7, 11) is 0. The van der Waals surface area contributed by atoms with Gasteiger partial charge in [0.25, 0.3) is 0 Å². The molecule has 3 unspecified atom stereocenters. The van der Waals surface area contributed by atoms with Crippen LogP contribution in [0.15, 0.2) is 11.6 Å². The summed E-state index contributed by atoms with van der Waals surface area (Å²) in [6.07, 6.45) is 28.8. The number of hydrogen-bond acceptors (Lipinski definition) is 3. The highest BCUT2D eigenvalue weighted by Gasteiger charge is 2.58. The molecule has 4 rings (SSSR count). The number of rotatable bonds is 15. The van der Waals surface area contributed by atoms with E-state index in [4.69, 9.17) is 4.74 Å². The first kappa shape index (κ1) is 29.9. The molecule has 0 aromatic rings. The lowest BCUT2D eigenvalue weighted by molar-refractivity contribution is -0.151. The molecule has 3 saturated carbocycles. The van der Waals surface area contributed by atoms with Gasteiger partial charge in [0.05, 0.1) is 0 Å². The molecule has 0 N–H and O–H groups in total. The number of ether oxygens (including phenoxy) is 1. The molecule has 0 spiro atoms. The Kier molecular flexibility index (Phi) is 11.0. The fourth-order valence-corrected chi connectivity index (χ4v) is 9.03. The molecule has 3 nitrogen and oxygen atoms in total. The van der Waals surface area contributed by atoms with E-state index in [1.807, 2.05) is 0 Å². The van der Waals surface area contributed by atoms with Crippen molar-refractivity contribution in [3.05, 3.63) is 11.6 Å². The number of allylic oxidation sites excluding steroid dienone is 1. The van der Waals surface area contributed by atoms with E-state index in [1.165, 1.54) is 77.0 Å². The third-order valence-electron chi connectivity index (χ3n) is 11.6. The molecular formula is C35H58O3. The summed E-state index contributed by atoms with van der Waals surface area (Å²) in [5.41, 5.74) is 1.74. The SMILES string of the molecule is CCCCCCCCCCCCCCCC(=O)O[C@H]1CC[C@@]2(C)C(=CCC3C2CC[C@]2(C)C(=O)CCC32)C1. The number of carbonyl (C=O) groups is 2. The number of fused-ring (bicyclic) bond motifs is 5. The average molecular weight is 527 g/mol. The summed E-state index contributed by atoms with van der Waals surface area (Å²) in [6.45, 7) is 7.03. The molecule has 0 amide bonds. The molecule has 3 heteroatoms. The van der Waals surface area contributed by atoms with Crippen LogP contribution < -0.4 is 0 Å². The van der Waals surface area contributed by atoms with Crippen LogP contribution in [0.4, 0.5) is 0 Å². The van der Waals surface area contributed by atoms with Crippen LogP contribution in [0.25, 0.3) is 0 Å². The minimum Gasteiger partial charge on any atom is -0.462 e. The van der Waals surface area contributed by atoms with Gasteiger partial charge in [0.1, 0.15) is 11.9 Å². The lowest BCUT2D eigenvalue weighted by Gasteiger charge is -2.56. The number of unbranched alkanes of at least 4 members (excludes halogenated alkanes) is 12. The van der Waals surface area contributed by atoms with Gasteiger partial charge in [-0.1, -0.05) is 109 Å². The smallest absolute Gasteiger partial charge is 0.306 e. The number of esters is 1. The first-order valence-electron chi connectivity index (χ1n) is 16.8. The molecule has 0 aromatic carbocycles. The summed E-state index contributed by atoms with van der Waals surface area (Å²) in [4.78, 5) is 25.3. The monoisotopic (exact) mass is 526 g/mol. The maximum atomic E-state index is 12.7. The van der Waals surface area contributed by atoms with Crippen LogP contribution in [0.1, 0.15) is 162 Å². The predicted octanol–water partition coefficient (Wildman–Crippen LogP) is 9.91. The van der Waals surface area contributed by atoms with Gasteiger partial charge in [0.2, 0.25) is 0 Å². The molecule has 38 heavy (non-hydrogen) atoms. The zero-order valence-corrected chi connectivity index (χ0v) is 25.2. The molecule has 0 heterocycles. The molecule has 3 fully saturated rings. The van der Waals surface area contributed by atoms with Crippen LogP contribution in [0.3, 0.4) is 0 Å². The molecule has 6 atom stereocenters. The molecule has 0 radical (unpaired) electrons. The van der Waals surface area contributed by atoms with Crippen molar-refractivity contribution in [2.75, 3.05) is 0 Å². The second-order valence-electron chi connectivity index (χ2n) is 14.0. The largest absolute Gasteiger partial charge is 0.462 e. The molecule has 0 bridgehead atoms. The Morgan fingerprint density at radius 1 is 0.816 bits per heavy atom. The van der Waals surface area contributed by atoms with Gasteiger partial charge in [-0.15, -0.1) is 0 Å². The molecule has 0 aliphatic heterocycles. The van der Waals surface area contributed by atoms with Gasteiger partial charge in [-0.05, 0) is 68.1 Å². The number of hydrogen-bond donors (Lipinski definition) is 0. The first-order chi connectivity index (χ1) is 18.4. The lowest BCUT2D eigenvalue weighted by Crippen LogP contribution is -2.50. The van der Waals surface area contributed by atoms with E-state index < -0.39 is 0 Å². The highest BCUT2D eigenvalue weighted by atomic mass is 16.5. The summed E-state index contributed by atoms with van der Waals surface area (Å²) >= 11 is 0. The Morgan fingerprint density at radius 2 is 1.39 bits per heavy atom. The van der Waals surface area contributed by atoms with Gasteiger partial charge < -0.3 is 4.74 Å². The van der Waals surface area contributed by atoms with Gasteiger partial charge in [-0.2, -0.15) is 0 Å². The Hall–Kier alpha value is -1.12. The maximum Gasteiger partial charge on any atom is 0.306 e. The lowest BCUT2D eigenvalue weighted by atomic mass is 9.48. The Morgan fingerprint density at radius 3 is 2.05 bits per heavy atom. The fraction of sp³-hybridized carbons (Fsp3) is 0.886. The summed E-state index contributed by atoms with van der Waals surface area (Å²) in [5, 5.41) is 0. The van der Waals surface area contributed by atoms with Crippen molar-refractivity contribution in [2.45, 2.75) is 168 Å². The van der Waals surface area contributed by atoms with Gasteiger partial charge in [0, 0.05) is 24.7 Å². The highest BCUT2D eigenvalue weighted by molar-refractivity contribution is 5.87. The summed E-state index contributed by atoms with van der Waals surface area (Å²) in [6, 6.07) is 0. The van der Waals surface area contributed by atoms with Crippen LogP contribution in [-0.2, 0) is 14.3 Å². The van der Waals surface area contributed by atoms with Crippen molar-refractivity contribution in [3.8, 4) is 0 Å². The number of Topliss-reactive ketones (excluding diaryl/α,β-unsaturated/α-hetero) is 1. The van der Waals surface area contributed by atoms with Gasteiger partial charge in [0.15, 0.2) is 0 Å². The third-order valence-corrected chi connectivity index (χ3v) is 11.6. The van der Waals surface area contributed by atoms with Gasteiger partial charge in [-0.25, -0.2) is 0 Å². The molecule has 0 aromatic heterocycles. The van der Waals surface area contributed by atoms with Gasteiger partial charge >= 0.3 is 5.97 Å². The highest BCUT2D eigenvalue weighted by Crippen LogP contribution is 2.64. The van der Waals surface area contributed by atoms with Crippen molar-refractivity contribution in [1.82, 2.24) is 0 Å². The first-order valence-corrected chi connectivity index (χ1v) is 16.8. The normalized spacial score (nSPS) is 34.3. The van der Waals surface area contributed by atoms with Crippen LogP contribution in [0, 0.1) is 28.6 Å². The summed E-state index contributed by atoms with van der Waals surface area (Å²) < 4.78 is 6.00. The Labute approximate surface area is 234 Å². The van der Waals surface area contributed by atoms with E-state index in [2.05, 4.69) is 26.8 Å². The van der Waals surface area contributed by atoms with Gasteiger partial charge in [-0.3, -0.25) is 9.59 Å². The standard InChI is InChI=1S/C35H58O3/c1-4-5-6-7-8-9-10-11-12-13-14-15-16-17-33(37)38-28-22-24-34(2)27(26-28)18-19-29-30-20-21-32(36)35(30,3)25-23-31(29)34/h18,28-31H,4-17,19-26H2,1-3H3/t28-,29?,30?,31?,34-,35-/m0/s1. The number of carbonyl (C=O) groups excluding carboxylic acids is 2. The van der Waals surface area contributed by atoms with Crippen molar-refractivity contribution in [3.63, 3.8) is 0 Å². The molecule has 0 saturated heterocycles. The number of ketones is 1. The van der Waals surface area contributed by atoms with E-state index in [1.54, 1.807) is 5.57 Å². The van der Waals surface area contributed by atoms with Crippen molar-refractivity contribution < 1.29 is 14.3 Å². The summed E-state index contributed by atoms with van der Waals surface area (Å²) in [5.74, 6) is 2.51. The molecular weight excluding hydrogens is 468 g/mol. The average Bonchev–Trinajstić information content (AvgIpc) is 3.21. The van der Waals surface area contributed by atoms with Crippen LogP contribution in [0.5, 0.6) is 0 Å². The molecule has 4 aliphatic rings. The second kappa shape index (κ2) is 14.0. The Balaban J connectivity index is 1.09. The predicted molar refractivity (Wildman–Crippen MR) is 157 cm³/mol. The topological polar surface area (TPSA) is 43.4 Å². The van der Waals surface area contributed by atoms with E-state index >= 15 is 0 Å². The van der Waals surface area contributed by atoms with Crippen molar-refractivity contribution >= 4 is 11.8 Å². The molecule has 216 valence electrons. The van der Waals surface area contributed by atoms with Crippen molar-refractivity contribution in [1.29, 1.82) is 0 Å². The zero-order valence-electron chi connectivity index (χ0n) is 25.2. The third kappa shape index (κ3) is 6.95. The second-order valence-corrected chi connectivity index (χ2v) is 14.0. The minimum absolute atomic E-state index is 0.0221. The Bertz CT molecular complexity index is 814. The van der Waals surface area contributed by atoms with Crippen molar-refractivity contribution in [2.24, 2.45) is 28.6 Å². The molecule has 4 aliphatic carbocycles. The minimum atomic E-state index is -0.0524. The fourth-order valence-electron chi connectivity index (χ4n) is 9.03. The maximum absolute atomic E-state index is 12.7. The quantitative estimate of drug-likeness (QED) is 0.121. The zero-order chi connectivity index (χ0) is 27.0. The van der Waals surface area contributed by atoms with Crippen LogP contribution >= 0.6 is 0 Å². The van der Waals surface area contributed by atoms with Crippen LogP contribution in [0.2, 0.25) is 0 Å². The van der Waals surface area contributed by atoms with E-state index in [9.17, 15) is 9.59 Å². The van der Waals surface area contributed by atoms with E-state index in [-0.39, 0.29) is 22.9 Å².